The summed E-state index contributed by atoms with van der Waals surface area (Å²) < 4.78 is 0. The van der Waals surface area contributed by atoms with Gasteiger partial charge in [-0.25, -0.2) is 4.98 Å². The van der Waals surface area contributed by atoms with E-state index in [9.17, 15) is 4.79 Å². The SMILES string of the molecule is Cc1nc(C(=O)N(Cc2cccc(Cl)c2)CC2C3CN(CC4CCCC4)CC32)c[nH]1. The Morgan fingerprint density at radius 3 is 2.70 bits per heavy atom. The highest BCUT2D eigenvalue weighted by Gasteiger charge is 2.56. The third-order valence-electron chi connectivity index (χ3n) is 7.34. The fourth-order valence-electron chi connectivity index (χ4n) is 5.73. The average molecular weight is 427 g/mol. The number of likely N-dealkylation sites (tertiary alicyclic amines) is 1. The predicted octanol–water partition coefficient (Wildman–Crippen LogP) is 4.38. The molecule has 1 aliphatic heterocycles. The van der Waals surface area contributed by atoms with Crippen LogP contribution in [0, 0.1) is 30.6 Å². The summed E-state index contributed by atoms with van der Waals surface area (Å²) in [7, 11) is 0. The predicted molar refractivity (Wildman–Crippen MR) is 118 cm³/mol. The number of benzene rings is 1. The number of aryl methyl sites for hydroxylation is 1. The van der Waals surface area contributed by atoms with Crippen molar-refractivity contribution in [3.63, 3.8) is 0 Å². The van der Waals surface area contributed by atoms with Crippen LogP contribution in [0.4, 0.5) is 0 Å². The van der Waals surface area contributed by atoms with E-state index in [-0.39, 0.29) is 5.91 Å². The van der Waals surface area contributed by atoms with Crippen LogP contribution in [-0.2, 0) is 6.54 Å². The first kappa shape index (κ1) is 20.1. The van der Waals surface area contributed by atoms with Gasteiger partial charge in [0.1, 0.15) is 11.5 Å². The lowest BCUT2D eigenvalue weighted by atomic mass is 10.1. The smallest absolute Gasteiger partial charge is 0.274 e. The lowest BCUT2D eigenvalue weighted by Crippen LogP contribution is -2.36. The zero-order chi connectivity index (χ0) is 20.7. The van der Waals surface area contributed by atoms with E-state index in [4.69, 9.17) is 11.6 Å². The lowest BCUT2D eigenvalue weighted by Gasteiger charge is -2.26. The minimum atomic E-state index is 0.00658. The Morgan fingerprint density at radius 1 is 1.27 bits per heavy atom. The molecule has 160 valence electrons. The number of carbonyl (C=O) groups excluding carboxylic acids is 1. The number of piperidine rings is 1. The third-order valence-corrected chi connectivity index (χ3v) is 7.58. The molecule has 1 saturated heterocycles. The number of fused-ring (bicyclic) bond motifs is 1. The van der Waals surface area contributed by atoms with Gasteiger partial charge in [-0.05, 0) is 61.1 Å². The van der Waals surface area contributed by atoms with Crippen molar-refractivity contribution in [2.45, 2.75) is 39.2 Å². The largest absolute Gasteiger partial charge is 0.348 e. The van der Waals surface area contributed by atoms with Gasteiger partial charge >= 0.3 is 0 Å². The summed E-state index contributed by atoms with van der Waals surface area (Å²) in [5.74, 6) is 3.82. The summed E-state index contributed by atoms with van der Waals surface area (Å²) in [4.78, 5) is 25.3. The Bertz CT molecular complexity index is 894. The van der Waals surface area contributed by atoms with Crippen molar-refractivity contribution in [3.8, 4) is 0 Å². The Kier molecular flexibility index (Phi) is 5.59. The number of carbonyl (C=O) groups is 1. The van der Waals surface area contributed by atoms with Crippen molar-refractivity contribution < 1.29 is 4.79 Å². The molecule has 0 radical (unpaired) electrons. The number of hydrogen-bond acceptors (Lipinski definition) is 3. The maximum atomic E-state index is 13.2. The van der Waals surface area contributed by atoms with Gasteiger partial charge in [0.15, 0.2) is 0 Å². The number of nitrogens with zero attached hydrogens (tertiary/aromatic N) is 3. The molecule has 1 aromatic carbocycles. The number of nitrogens with one attached hydrogen (secondary N) is 1. The van der Waals surface area contributed by atoms with Gasteiger partial charge in [0.05, 0.1) is 0 Å². The second-order valence-corrected chi connectivity index (χ2v) is 9.98. The van der Waals surface area contributed by atoms with E-state index in [1.807, 2.05) is 36.1 Å². The number of halogens is 1. The van der Waals surface area contributed by atoms with Crippen LogP contribution in [0.25, 0.3) is 0 Å². The zero-order valence-electron chi connectivity index (χ0n) is 17.7. The molecular formula is C24H31ClN4O. The second kappa shape index (κ2) is 8.35. The van der Waals surface area contributed by atoms with Gasteiger partial charge in [-0.1, -0.05) is 36.6 Å². The number of aromatic nitrogens is 2. The molecule has 3 fully saturated rings. The van der Waals surface area contributed by atoms with Gasteiger partial charge in [-0.2, -0.15) is 0 Å². The number of aromatic amines is 1. The maximum Gasteiger partial charge on any atom is 0.274 e. The number of H-pyrrole nitrogens is 1. The van der Waals surface area contributed by atoms with E-state index in [0.29, 0.717) is 23.2 Å². The van der Waals surface area contributed by atoms with Gasteiger partial charge < -0.3 is 14.8 Å². The third kappa shape index (κ3) is 4.28. The number of amides is 1. The van der Waals surface area contributed by atoms with E-state index >= 15 is 0 Å². The van der Waals surface area contributed by atoms with E-state index < -0.39 is 0 Å². The molecule has 1 aromatic heterocycles. The van der Waals surface area contributed by atoms with E-state index in [1.165, 1.54) is 45.3 Å². The van der Waals surface area contributed by atoms with Crippen LogP contribution in [0.3, 0.4) is 0 Å². The van der Waals surface area contributed by atoms with E-state index in [1.54, 1.807) is 6.20 Å². The van der Waals surface area contributed by atoms with E-state index in [2.05, 4.69) is 14.9 Å². The molecule has 5 nitrogen and oxygen atoms in total. The molecule has 1 amide bonds. The molecule has 0 spiro atoms. The molecule has 0 bridgehead atoms. The molecule has 5 rings (SSSR count). The molecule has 1 N–H and O–H groups in total. The molecule has 2 aliphatic carbocycles. The molecule has 2 aromatic rings. The highest BCUT2D eigenvalue weighted by atomic mass is 35.5. The topological polar surface area (TPSA) is 52.2 Å². The quantitative estimate of drug-likeness (QED) is 0.714. The zero-order valence-corrected chi connectivity index (χ0v) is 18.4. The van der Waals surface area contributed by atoms with Crippen LogP contribution in [-0.4, -0.2) is 51.9 Å². The van der Waals surface area contributed by atoms with E-state index in [0.717, 1.165) is 35.7 Å². The first-order valence-electron chi connectivity index (χ1n) is 11.3. The highest BCUT2D eigenvalue weighted by Crippen LogP contribution is 2.52. The number of imidazole rings is 1. The molecule has 2 unspecified atom stereocenters. The molecule has 2 heterocycles. The summed E-state index contributed by atoms with van der Waals surface area (Å²) in [5.41, 5.74) is 1.57. The van der Waals surface area contributed by atoms with Crippen molar-refractivity contribution >= 4 is 17.5 Å². The Hall–Kier alpha value is -1.85. The summed E-state index contributed by atoms with van der Waals surface area (Å²) in [6.45, 7) is 6.98. The second-order valence-electron chi connectivity index (χ2n) is 9.55. The average Bonchev–Trinajstić information content (AvgIpc) is 3.23. The highest BCUT2D eigenvalue weighted by molar-refractivity contribution is 6.30. The molecule has 30 heavy (non-hydrogen) atoms. The monoisotopic (exact) mass is 426 g/mol. The molecule has 3 aliphatic rings. The fourth-order valence-corrected chi connectivity index (χ4v) is 5.95. The van der Waals surface area contributed by atoms with Crippen LogP contribution in [0.2, 0.25) is 5.02 Å². The van der Waals surface area contributed by atoms with Crippen LogP contribution >= 0.6 is 11.6 Å². The maximum absolute atomic E-state index is 13.2. The Morgan fingerprint density at radius 2 is 2.03 bits per heavy atom. The molecule has 6 heteroatoms. The van der Waals surface area contributed by atoms with Crippen LogP contribution in [0.1, 0.15) is 47.6 Å². The fraction of sp³-hybridized carbons (Fsp3) is 0.583. The Labute approximate surface area is 183 Å². The summed E-state index contributed by atoms with van der Waals surface area (Å²) in [5, 5.41) is 0.710. The standard InChI is InChI=1S/C24H31ClN4O/c1-16-26-10-23(27-16)24(30)29(12-18-7-4-8-19(25)9-18)15-22-20-13-28(14-21(20)22)11-17-5-2-3-6-17/h4,7-10,17,20-22H,2-3,5-6,11-15H2,1H3,(H,26,27). The van der Waals surface area contributed by atoms with Crippen LogP contribution in [0.15, 0.2) is 30.5 Å². The van der Waals surface area contributed by atoms with Crippen molar-refractivity contribution in [1.82, 2.24) is 19.8 Å². The molecular weight excluding hydrogens is 396 g/mol. The number of rotatable bonds is 7. The molecule has 2 saturated carbocycles. The van der Waals surface area contributed by atoms with Gasteiger partial charge in [0.25, 0.3) is 5.91 Å². The molecule has 2 atom stereocenters. The Balaban J connectivity index is 1.23. The van der Waals surface area contributed by atoms with Crippen LogP contribution in [0.5, 0.6) is 0 Å². The minimum Gasteiger partial charge on any atom is -0.348 e. The summed E-state index contributed by atoms with van der Waals surface area (Å²) >= 11 is 6.18. The van der Waals surface area contributed by atoms with Crippen molar-refractivity contribution in [3.05, 3.63) is 52.6 Å². The van der Waals surface area contributed by atoms with Gasteiger partial charge in [-0.3, -0.25) is 4.79 Å². The lowest BCUT2D eigenvalue weighted by molar-refractivity contribution is 0.0718. The first-order chi connectivity index (χ1) is 14.6. The van der Waals surface area contributed by atoms with Crippen molar-refractivity contribution in [2.24, 2.45) is 23.7 Å². The number of hydrogen-bond donors (Lipinski definition) is 1. The van der Waals surface area contributed by atoms with Crippen LogP contribution < -0.4 is 0 Å². The minimum absolute atomic E-state index is 0.00658. The summed E-state index contributed by atoms with van der Waals surface area (Å²) in [6.07, 6.45) is 7.39. The van der Waals surface area contributed by atoms with Crippen molar-refractivity contribution in [2.75, 3.05) is 26.2 Å². The van der Waals surface area contributed by atoms with Crippen molar-refractivity contribution in [1.29, 1.82) is 0 Å². The van der Waals surface area contributed by atoms with Gasteiger partial charge in [0.2, 0.25) is 0 Å². The summed E-state index contributed by atoms with van der Waals surface area (Å²) in [6, 6.07) is 7.82. The first-order valence-corrected chi connectivity index (χ1v) is 11.7. The van der Waals surface area contributed by atoms with Gasteiger partial charge in [0, 0.05) is 43.9 Å². The van der Waals surface area contributed by atoms with Gasteiger partial charge in [-0.15, -0.1) is 0 Å². The normalized spacial score (nSPS) is 26.1.